The van der Waals surface area contributed by atoms with Crippen LogP contribution >= 0.6 is 19.2 Å². The van der Waals surface area contributed by atoms with Gasteiger partial charge < -0.3 is 14.5 Å². The van der Waals surface area contributed by atoms with Crippen molar-refractivity contribution in [3.8, 4) is 28.7 Å². The lowest BCUT2D eigenvalue weighted by atomic mass is 9.78. The van der Waals surface area contributed by atoms with E-state index < -0.39 is 20.2 Å². The summed E-state index contributed by atoms with van der Waals surface area (Å²) < 4.78 is 23.9. The van der Waals surface area contributed by atoms with Crippen LogP contribution in [0.5, 0.6) is 0 Å². The zero-order valence-electron chi connectivity index (χ0n) is 18.5. The highest BCUT2D eigenvalue weighted by Gasteiger charge is 2.47. The number of ether oxygens (including phenoxy) is 1. The second-order valence-corrected chi connectivity index (χ2v) is 10.2. The Morgan fingerprint density at radius 2 is 2.03 bits per heavy atom. The normalized spacial score (nSPS) is 17.9. The first-order valence-electron chi connectivity index (χ1n) is 10.6. The van der Waals surface area contributed by atoms with Gasteiger partial charge in [0.15, 0.2) is 12.6 Å². The molecule has 0 saturated heterocycles. The Labute approximate surface area is 204 Å². The van der Waals surface area contributed by atoms with Gasteiger partial charge in [0, 0.05) is 22.4 Å². The summed E-state index contributed by atoms with van der Waals surface area (Å²) in [6.07, 6.45) is 1.46. The maximum Gasteiger partial charge on any atom is 0.471 e. The third kappa shape index (κ3) is 4.44. The van der Waals surface area contributed by atoms with Crippen molar-refractivity contribution >= 4 is 19.2 Å². The number of fused-ring (bicyclic) bond motifs is 3. The first-order chi connectivity index (χ1) is 16.8. The van der Waals surface area contributed by atoms with E-state index in [1.54, 1.807) is 16.8 Å². The molecule has 4 aromatic rings. The Kier molecular flexibility index (Phi) is 6.11. The molecule has 0 aliphatic carbocycles. The third-order valence-electron chi connectivity index (χ3n) is 6.06. The molecule has 178 valence electrons. The lowest BCUT2D eigenvalue weighted by molar-refractivity contribution is -0.140. The molecule has 0 spiro atoms. The van der Waals surface area contributed by atoms with Gasteiger partial charge in [-0.25, -0.2) is 19.2 Å². The van der Waals surface area contributed by atoms with E-state index in [1.165, 1.54) is 17.7 Å². The number of phosphoric acid groups is 1. The number of benzene rings is 2. The van der Waals surface area contributed by atoms with Crippen LogP contribution in [-0.2, 0) is 26.0 Å². The van der Waals surface area contributed by atoms with Crippen LogP contribution in [0.1, 0.15) is 29.0 Å². The monoisotopic (exact) mass is 509 g/mol. The van der Waals surface area contributed by atoms with Gasteiger partial charge >= 0.3 is 7.82 Å². The van der Waals surface area contributed by atoms with E-state index in [2.05, 4.69) is 20.7 Å². The molecule has 2 atom stereocenters. The molecule has 1 aliphatic rings. The molecule has 12 heteroatoms. The van der Waals surface area contributed by atoms with Crippen molar-refractivity contribution in [3.05, 3.63) is 76.4 Å². The van der Waals surface area contributed by atoms with Gasteiger partial charge in [-0.05, 0) is 17.7 Å². The Balaban J connectivity index is 1.56. The topological polar surface area (TPSA) is 143 Å². The van der Waals surface area contributed by atoms with Crippen molar-refractivity contribution in [2.24, 2.45) is 0 Å². The molecule has 0 bridgehead atoms. The molecule has 0 unspecified atom stereocenters. The van der Waals surface area contributed by atoms with Gasteiger partial charge in [0.05, 0.1) is 28.9 Å². The molecule has 0 fully saturated rings. The molecule has 10 nitrogen and oxygen atoms in total. The molecule has 0 saturated carbocycles. The van der Waals surface area contributed by atoms with Crippen molar-refractivity contribution in [1.82, 2.24) is 19.7 Å². The quantitative estimate of drug-likeness (QED) is 0.279. The standard InChI is InChI=1S/C23H20N5O5PS/c1-15(22-27-20(11-35-22)17-8-6-16(10-24)7-9-17)23(32-14-33-34(29,30)31)12-28-21(25-13-26-28)18-4-2-3-5-19(18)23/h2-9,11,13,15H,12,14H2,1H3,(H2,29,30,31)/t15-,23+/m0/s1. The van der Waals surface area contributed by atoms with Crippen LogP contribution in [0.4, 0.5) is 0 Å². The maximum absolute atomic E-state index is 11.4. The van der Waals surface area contributed by atoms with E-state index in [0.717, 1.165) is 27.4 Å². The van der Waals surface area contributed by atoms with Crippen LogP contribution in [0.25, 0.3) is 22.6 Å². The van der Waals surface area contributed by atoms with Crippen LogP contribution in [-0.4, -0.2) is 36.3 Å². The molecular formula is C23H20N5O5PS. The Hall–Kier alpha value is -3.23. The second kappa shape index (κ2) is 9.09. The number of nitriles is 1. The summed E-state index contributed by atoms with van der Waals surface area (Å²) in [6, 6.07) is 16.9. The van der Waals surface area contributed by atoms with Crippen LogP contribution in [0, 0.1) is 11.3 Å². The highest BCUT2D eigenvalue weighted by atomic mass is 32.1. The van der Waals surface area contributed by atoms with Crippen LogP contribution in [0.3, 0.4) is 0 Å². The van der Waals surface area contributed by atoms with Gasteiger partial charge in [0.25, 0.3) is 0 Å². The number of aromatic nitrogens is 4. The average Bonchev–Trinajstić information content (AvgIpc) is 3.53. The summed E-state index contributed by atoms with van der Waals surface area (Å²) in [5, 5.41) is 16.1. The fourth-order valence-electron chi connectivity index (χ4n) is 4.30. The zero-order valence-corrected chi connectivity index (χ0v) is 20.2. The molecular weight excluding hydrogens is 489 g/mol. The van der Waals surface area contributed by atoms with Crippen molar-refractivity contribution < 1.29 is 23.6 Å². The zero-order chi connectivity index (χ0) is 24.6. The number of phosphoric ester groups is 1. The minimum absolute atomic E-state index is 0.247. The van der Waals surface area contributed by atoms with E-state index in [1.807, 2.05) is 48.7 Å². The fourth-order valence-corrected chi connectivity index (χ4v) is 5.45. The van der Waals surface area contributed by atoms with Crippen molar-refractivity contribution in [1.29, 1.82) is 5.26 Å². The highest BCUT2D eigenvalue weighted by Crippen LogP contribution is 2.49. The predicted molar refractivity (Wildman–Crippen MR) is 127 cm³/mol. The van der Waals surface area contributed by atoms with Crippen molar-refractivity contribution in [2.45, 2.75) is 25.0 Å². The molecule has 2 N–H and O–H groups in total. The van der Waals surface area contributed by atoms with E-state index in [4.69, 9.17) is 15.0 Å². The number of nitrogens with zero attached hydrogens (tertiary/aromatic N) is 5. The lowest BCUT2D eigenvalue weighted by Gasteiger charge is -2.42. The first kappa shape index (κ1) is 23.5. The lowest BCUT2D eigenvalue weighted by Crippen LogP contribution is -2.43. The SMILES string of the molecule is C[C@@H](c1nc(-c2ccc(C#N)cc2)cs1)[C@]1(OCOP(=O)(O)O)Cn2ncnc2-c2ccccc21. The molecule has 0 amide bonds. The van der Waals surface area contributed by atoms with Crippen molar-refractivity contribution in [3.63, 3.8) is 0 Å². The minimum Gasteiger partial charge on any atom is -0.341 e. The fraction of sp³-hybridized carbons (Fsp3) is 0.217. The van der Waals surface area contributed by atoms with E-state index in [-0.39, 0.29) is 12.5 Å². The largest absolute Gasteiger partial charge is 0.471 e. The smallest absolute Gasteiger partial charge is 0.341 e. The summed E-state index contributed by atoms with van der Waals surface area (Å²) in [5.74, 6) is 0.332. The maximum atomic E-state index is 11.4. The third-order valence-corrected chi connectivity index (χ3v) is 7.53. The average molecular weight is 509 g/mol. The van der Waals surface area contributed by atoms with E-state index in [0.29, 0.717) is 11.4 Å². The van der Waals surface area contributed by atoms with Gasteiger partial charge in [-0.15, -0.1) is 11.3 Å². The van der Waals surface area contributed by atoms with Crippen LogP contribution < -0.4 is 0 Å². The second-order valence-electron chi connectivity index (χ2n) is 8.04. The van der Waals surface area contributed by atoms with Crippen LogP contribution in [0.2, 0.25) is 0 Å². The summed E-state index contributed by atoms with van der Waals surface area (Å²) in [5.41, 5.74) is 2.72. The first-order valence-corrected chi connectivity index (χ1v) is 13.0. The summed E-state index contributed by atoms with van der Waals surface area (Å²) in [7, 11) is -4.74. The van der Waals surface area contributed by atoms with Gasteiger partial charge in [-0.1, -0.05) is 43.3 Å². The van der Waals surface area contributed by atoms with Gasteiger partial charge in [0.1, 0.15) is 11.9 Å². The van der Waals surface area contributed by atoms with Gasteiger partial charge in [0.2, 0.25) is 0 Å². The van der Waals surface area contributed by atoms with Gasteiger partial charge in [-0.2, -0.15) is 10.4 Å². The van der Waals surface area contributed by atoms with Gasteiger partial charge in [-0.3, -0.25) is 4.52 Å². The molecule has 0 radical (unpaired) electrons. The Bertz CT molecular complexity index is 1460. The summed E-state index contributed by atoms with van der Waals surface area (Å²) >= 11 is 1.46. The molecule has 5 rings (SSSR count). The molecule has 3 heterocycles. The molecule has 2 aromatic heterocycles. The highest BCUT2D eigenvalue weighted by molar-refractivity contribution is 7.46. The number of thiazole rings is 1. The number of hydrogen-bond acceptors (Lipinski definition) is 8. The van der Waals surface area contributed by atoms with E-state index in [9.17, 15) is 14.4 Å². The van der Waals surface area contributed by atoms with Crippen molar-refractivity contribution in [2.75, 3.05) is 6.79 Å². The van der Waals surface area contributed by atoms with Crippen LogP contribution in [0.15, 0.2) is 60.2 Å². The Morgan fingerprint density at radius 1 is 1.26 bits per heavy atom. The molecule has 35 heavy (non-hydrogen) atoms. The number of hydrogen-bond donors (Lipinski definition) is 2. The van der Waals surface area contributed by atoms with E-state index >= 15 is 0 Å². The molecule has 1 aliphatic heterocycles. The molecule has 2 aromatic carbocycles. The summed E-state index contributed by atoms with van der Waals surface area (Å²) in [4.78, 5) is 27.7. The predicted octanol–water partition coefficient (Wildman–Crippen LogP) is 4.04. The summed E-state index contributed by atoms with van der Waals surface area (Å²) in [6.45, 7) is 1.58. The minimum atomic E-state index is -4.74. The number of rotatable bonds is 7. The Morgan fingerprint density at radius 3 is 2.77 bits per heavy atom.